The molecule has 0 radical (unpaired) electrons. The van der Waals surface area contributed by atoms with Crippen molar-refractivity contribution in [2.75, 3.05) is 5.32 Å². The van der Waals surface area contributed by atoms with Gasteiger partial charge in [-0.2, -0.15) is 0 Å². The Bertz CT molecular complexity index is 1310. The van der Waals surface area contributed by atoms with E-state index in [1.54, 1.807) is 23.6 Å². The zero-order chi connectivity index (χ0) is 20.5. The van der Waals surface area contributed by atoms with Gasteiger partial charge in [-0.15, -0.1) is 11.3 Å². The van der Waals surface area contributed by atoms with Crippen LogP contribution in [-0.4, -0.2) is 15.0 Å². The van der Waals surface area contributed by atoms with Crippen molar-refractivity contribution in [3.05, 3.63) is 85.8 Å². The molecule has 1 aromatic carbocycles. The SMILES string of the molecule is Cc1ccc(C)c(NC(=O)Cn2c(=O)n(Cc3ccco3)c(=O)c3sccc32)c1. The molecule has 8 heteroatoms. The van der Waals surface area contributed by atoms with Crippen LogP contribution in [0.25, 0.3) is 10.2 Å². The number of benzene rings is 1. The van der Waals surface area contributed by atoms with Crippen LogP contribution in [0.1, 0.15) is 16.9 Å². The van der Waals surface area contributed by atoms with E-state index in [1.807, 2.05) is 32.0 Å². The van der Waals surface area contributed by atoms with Gasteiger partial charge in [-0.25, -0.2) is 4.79 Å². The lowest BCUT2D eigenvalue weighted by Crippen LogP contribution is -2.41. The first-order valence-corrected chi connectivity index (χ1v) is 9.92. The van der Waals surface area contributed by atoms with E-state index in [2.05, 4.69) is 5.32 Å². The molecule has 4 rings (SSSR count). The van der Waals surface area contributed by atoms with Crippen molar-refractivity contribution in [1.29, 1.82) is 0 Å². The van der Waals surface area contributed by atoms with E-state index in [1.165, 1.54) is 22.2 Å². The summed E-state index contributed by atoms with van der Waals surface area (Å²) in [6.45, 7) is 3.66. The molecule has 29 heavy (non-hydrogen) atoms. The fraction of sp³-hybridized carbons (Fsp3) is 0.190. The van der Waals surface area contributed by atoms with E-state index in [0.717, 1.165) is 15.7 Å². The van der Waals surface area contributed by atoms with E-state index in [-0.39, 0.29) is 24.6 Å². The maximum absolute atomic E-state index is 13.0. The topological polar surface area (TPSA) is 86.2 Å². The first-order chi connectivity index (χ1) is 13.9. The van der Waals surface area contributed by atoms with E-state index < -0.39 is 5.69 Å². The summed E-state index contributed by atoms with van der Waals surface area (Å²) in [5.74, 6) is 0.156. The van der Waals surface area contributed by atoms with E-state index in [4.69, 9.17) is 4.42 Å². The van der Waals surface area contributed by atoms with Gasteiger partial charge in [-0.3, -0.25) is 18.7 Å². The quantitative estimate of drug-likeness (QED) is 0.549. The summed E-state index contributed by atoms with van der Waals surface area (Å²) < 4.78 is 8.14. The van der Waals surface area contributed by atoms with Crippen LogP contribution in [-0.2, 0) is 17.9 Å². The Hall–Kier alpha value is -3.39. The maximum Gasteiger partial charge on any atom is 0.332 e. The minimum absolute atomic E-state index is 0.0110. The lowest BCUT2D eigenvalue weighted by Gasteiger charge is -2.13. The molecule has 7 nitrogen and oxygen atoms in total. The maximum atomic E-state index is 13.0. The molecule has 0 saturated heterocycles. The van der Waals surface area contributed by atoms with Gasteiger partial charge in [0.2, 0.25) is 5.91 Å². The second-order valence-electron chi connectivity index (χ2n) is 6.84. The summed E-state index contributed by atoms with van der Waals surface area (Å²) in [7, 11) is 0. The van der Waals surface area contributed by atoms with Crippen molar-refractivity contribution in [2.24, 2.45) is 0 Å². The molecular formula is C21H19N3O4S. The Morgan fingerprint density at radius 1 is 1.14 bits per heavy atom. The number of carbonyl (C=O) groups is 1. The van der Waals surface area contributed by atoms with Crippen molar-refractivity contribution in [1.82, 2.24) is 9.13 Å². The summed E-state index contributed by atoms with van der Waals surface area (Å²) >= 11 is 1.24. The zero-order valence-corrected chi connectivity index (χ0v) is 16.8. The molecule has 3 aromatic heterocycles. The molecule has 0 atom stereocenters. The van der Waals surface area contributed by atoms with Crippen LogP contribution in [0.2, 0.25) is 0 Å². The first-order valence-electron chi connectivity index (χ1n) is 9.04. The number of hydrogen-bond donors (Lipinski definition) is 1. The third-order valence-electron chi connectivity index (χ3n) is 4.70. The van der Waals surface area contributed by atoms with Crippen LogP contribution in [0.4, 0.5) is 5.69 Å². The van der Waals surface area contributed by atoms with Crippen molar-refractivity contribution >= 4 is 33.1 Å². The number of hydrogen-bond acceptors (Lipinski definition) is 5. The zero-order valence-electron chi connectivity index (χ0n) is 16.0. The molecule has 1 amide bonds. The smallest absolute Gasteiger partial charge is 0.332 e. The highest BCUT2D eigenvalue weighted by Gasteiger charge is 2.17. The van der Waals surface area contributed by atoms with E-state index in [9.17, 15) is 14.4 Å². The van der Waals surface area contributed by atoms with Crippen LogP contribution < -0.4 is 16.6 Å². The standard InChI is InChI=1S/C21H19N3O4S/c1-13-5-6-14(2)16(10-13)22-18(25)12-23-17-7-9-29-19(17)20(26)24(21(23)27)11-15-4-3-8-28-15/h3-10H,11-12H2,1-2H3,(H,22,25). The highest BCUT2D eigenvalue weighted by Crippen LogP contribution is 2.18. The molecule has 0 spiro atoms. The lowest BCUT2D eigenvalue weighted by atomic mass is 10.1. The van der Waals surface area contributed by atoms with Crippen molar-refractivity contribution in [2.45, 2.75) is 26.9 Å². The van der Waals surface area contributed by atoms with Crippen molar-refractivity contribution < 1.29 is 9.21 Å². The predicted octanol–water partition coefficient (Wildman–Crippen LogP) is 3.12. The van der Waals surface area contributed by atoms with Crippen LogP contribution in [0.5, 0.6) is 0 Å². The molecule has 148 valence electrons. The molecule has 3 heterocycles. The van der Waals surface area contributed by atoms with E-state index >= 15 is 0 Å². The number of rotatable bonds is 5. The van der Waals surface area contributed by atoms with Crippen molar-refractivity contribution in [3.8, 4) is 0 Å². The molecule has 0 fully saturated rings. The molecule has 0 unspecified atom stereocenters. The summed E-state index contributed by atoms with van der Waals surface area (Å²) in [5.41, 5.74) is 2.18. The van der Waals surface area contributed by atoms with Gasteiger partial charge in [-0.1, -0.05) is 12.1 Å². The van der Waals surface area contributed by atoms with Gasteiger partial charge >= 0.3 is 5.69 Å². The van der Waals surface area contributed by atoms with Gasteiger partial charge in [0.15, 0.2) is 0 Å². The number of amides is 1. The second kappa shape index (κ2) is 7.56. The number of furan rings is 1. The van der Waals surface area contributed by atoms with Gasteiger partial charge in [-0.05, 0) is 54.6 Å². The fourth-order valence-corrected chi connectivity index (χ4v) is 4.03. The Kier molecular flexibility index (Phi) is 4.94. The van der Waals surface area contributed by atoms with Gasteiger partial charge in [0.1, 0.15) is 17.0 Å². The van der Waals surface area contributed by atoms with E-state index in [0.29, 0.717) is 21.7 Å². The average molecular weight is 409 g/mol. The summed E-state index contributed by atoms with van der Waals surface area (Å²) in [6.07, 6.45) is 1.49. The number of carbonyl (C=O) groups excluding carboxylic acids is 1. The Morgan fingerprint density at radius 3 is 2.72 bits per heavy atom. The molecule has 0 aliphatic carbocycles. The summed E-state index contributed by atoms with van der Waals surface area (Å²) in [5, 5.41) is 4.60. The summed E-state index contributed by atoms with van der Waals surface area (Å²) in [6, 6.07) is 10.9. The van der Waals surface area contributed by atoms with Crippen molar-refractivity contribution in [3.63, 3.8) is 0 Å². The minimum atomic E-state index is -0.548. The van der Waals surface area contributed by atoms with Crippen LogP contribution in [0.15, 0.2) is 62.0 Å². The van der Waals surface area contributed by atoms with Gasteiger partial charge in [0.05, 0.1) is 18.3 Å². The first kappa shape index (κ1) is 18.9. The van der Waals surface area contributed by atoms with Crippen LogP contribution in [0, 0.1) is 13.8 Å². The molecule has 0 saturated carbocycles. The average Bonchev–Trinajstić information content (AvgIpc) is 3.37. The number of thiophene rings is 1. The molecule has 1 N–H and O–H groups in total. The second-order valence-corrected chi connectivity index (χ2v) is 7.76. The third-order valence-corrected chi connectivity index (χ3v) is 5.59. The number of aryl methyl sites for hydroxylation is 2. The lowest BCUT2D eigenvalue weighted by molar-refractivity contribution is -0.116. The number of anilines is 1. The molecule has 0 aliphatic heterocycles. The monoisotopic (exact) mass is 409 g/mol. The molecule has 0 bridgehead atoms. The molecule has 4 aromatic rings. The minimum Gasteiger partial charge on any atom is -0.467 e. The highest BCUT2D eigenvalue weighted by atomic mass is 32.1. The Balaban J connectivity index is 1.72. The molecule has 0 aliphatic rings. The number of aromatic nitrogens is 2. The fourth-order valence-electron chi connectivity index (χ4n) is 3.19. The van der Waals surface area contributed by atoms with Crippen LogP contribution in [0.3, 0.4) is 0 Å². The number of fused-ring (bicyclic) bond motifs is 1. The van der Waals surface area contributed by atoms with Crippen LogP contribution >= 0.6 is 11.3 Å². The number of nitrogens with zero attached hydrogens (tertiary/aromatic N) is 2. The molecular weight excluding hydrogens is 390 g/mol. The Morgan fingerprint density at radius 2 is 1.97 bits per heavy atom. The predicted molar refractivity (Wildman–Crippen MR) is 113 cm³/mol. The highest BCUT2D eigenvalue weighted by molar-refractivity contribution is 7.17. The van der Waals surface area contributed by atoms with Gasteiger partial charge in [0.25, 0.3) is 5.56 Å². The largest absolute Gasteiger partial charge is 0.467 e. The summed E-state index contributed by atoms with van der Waals surface area (Å²) in [4.78, 5) is 38.5. The number of nitrogens with one attached hydrogen (secondary N) is 1. The van der Waals surface area contributed by atoms with Gasteiger partial charge in [0, 0.05) is 5.69 Å². The normalized spacial score (nSPS) is 11.1. The third kappa shape index (κ3) is 3.66. The Labute approximate surface area is 169 Å². The van der Waals surface area contributed by atoms with Gasteiger partial charge < -0.3 is 9.73 Å².